The van der Waals surface area contributed by atoms with E-state index in [0.29, 0.717) is 32.1 Å². The van der Waals surface area contributed by atoms with Crippen molar-refractivity contribution >= 4 is 60.1 Å². The molecule has 93 heavy (non-hydrogen) atoms. The number of fused-ring (bicyclic) bond motifs is 3. The Balaban J connectivity index is 1.52. The molecule has 9 amide bonds. The summed E-state index contributed by atoms with van der Waals surface area (Å²) in [5, 5.41) is 24.3. The fourth-order valence-electron chi connectivity index (χ4n) is 9.67. The Morgan fingerprint density at radius 1 is 0.366 bits per heavy atom. The van der Waals surface area contributed by atoms with Gasteiger partial charge in [-0.25, -0.2) is 24.0 Å². The number of carbonyl (C=O) groups is 10. The maximum absolute atomic E-state index is 14.7. The van der Waals surface area contributed by atoms with Crippen LogP contribution in [-0.4, -0.2) is 146 Å². The van der Waals surface area contributed by atoms with Crippen molar-refractivity contribution in [1.82, 2.24) is 47.9 Å². The largest absolute Gasteiger partial charge is 0.460 e. The molecule has 25 heteroatoms. The number of alkyl carbamates (subject to hydrolysis) is 5. The van der Waals surface area contributed by atoms with Gasteiger partial charge in [0.05, 0.1) is 0 Å². The summed E-state index contributed by atoms with van der Waals surface area (Å²) in [6.45, 7) is 20.6. The Hall–Kier alpha value is -8.64. The van der Waals surface area contributed by atoms with Gasteiger partial charge in [0.25, 0.3) is 0 Å². The Labute approximate surface area is 547 Å². The summed E-state index contributed by atoms with van der Waals surface area (Å²) in [7, 11) is 0. The SMILES string of the molecule is CC(C)(C)OC(=O)NCCCCC(NC(=O)OC(C)(C)C)C(=O)NCCCCC(NC(=O)C(CCCCNC(=O)OC(C)(C)C)NC(=O)OC(C)(C)C)C(=O)NC(CCCCNC(=O)OCC1c2ccccc2-c2ccccc21)C(=O)NCC(=O)OCc1ccccc1. The van der Waals surface area contributed by atoms with Crippen molar-refractivity contribution in [2.75, 3.05) is 39.3 Å². The van der Waals surface area contributed by atoms with Crippen molar-refractivity contribution in [3.8, 4) is 11.1 Å². The minimum absolute atomic E-state index is 0.00854. The molecule has 4 atom stereocenters. The molecule has 1 aliphatic carbocycles. The Morgan fingerprint density at radius 3 is 1.14 bits per heavy atom. The normalized spacial score (nSPS) is 13.3. The molecule has 0 aromatic heterocycles. The minimum atomic E-state index is -1.36. The predicted octanol–water partition coefficient (Wildman–Crippen LogP) is 8.99. The first kappa shape index (κ1) is 76.8. The average Bonchev–Trinajstić information content (AvgIpc) is 1.62. The molecule has 0 heterocycles. The van der Waals surface area contributed by atoms with Crippen LogP contribution in [0, 0.1) is 0 Å². The van der Waals surface area contributed by atoms with E-state index in [-0.39, 0.29) is 90.3 Å². The first-order valence-electron chi connectivity index (χ1n) is 32.1. The van der Waals surface area contributed by atoms with E-state index in [0.717, 1.165) is 27.8 Å². The van der Waals surface area contributed by atoms with E-state index in [1.54, 1.807) is 107 Å². The van der Waals surface area contributed by atoms with E-state index in [4.69, 9.17) is 28.4 Å². The first-order valence-corrected chi connectivity index (χ1v) is 32.1. The van der Waals surface area contributed by atoms with Crippen molar-refractivity contribution in [2.45, 2.75) is 219 Å². The summed E-state index contributed by atoms with van der Waals surface area (Å²) in [5.41, 5.74) is 1.78. The highest BCUT2D eigenvalue weighted by Gasteiger charge is 2.33. The molecule has 0 radical (unpaired) electrons. The van der Waals surface area contributed by atoms with Crippen LogP contribution in [0.3, 0.4) is 0 Å². The molecule has 0 saturated heterocycles. The van der Waals surface area contributed by atoms with Gasteiger partial charge in [0, 0.05) is 32.1 Å². The standard InChI is InChI=1S/C68H101N9O16/c1-65(2,3)90-61(84)71-40-26-22-35-52(76-63(86)92-67(7,8)9)56(79)69-38-24-20-36-53(75-59(82)54(77-64(87)93-68(10,11)12)37-23-27-41-72-62(85)91-66(4,5)6)58(81)74-51(57(80)73-42-55(78)88-43-45-28-14-13-15-29-45)34-21-25-39-70-60(83)89-44-50-48-32-18-16-30-46(48)47-31-17-19-33-49(47)50/h13-19,28-33,50-54H,20-27,34-44H2,1-12H3,(H,69,79)(H,70,83)(H,71,84)(H,72,85)(H,73,80)(H,74,81)(H,75,82)(H,76,86)(H,77,87). The lowest BCUT2D eigenvalue weighted by molar-refractivity contribution is -0.145. The van der Waals surface area contributed by atoms with Crippen molar-refractivity contribution < 1.29 is 76.4 Å². The van der Waals surface area contributed by atoms with E-state index >= 15 is 0 Å². The number of amides is 9. The van der Waals surface area contributed by atoms with Gasteiger partial charge in [-0.1, -0.05) is 78.9 Å². The van der Waals surface area contributed by atoms with E-state index < -0.39 is 113 Å². The molecule has 3 aromatic carbocycles. The summed E-state index contributed by atoms with van der Waals surface area (Å²) in [4.78, 5) is 134. The van der Waals surface area contributed by atoms with Gasteiger partial charge < -0.3 is 76.3 Å². The second-order valence-electron chi connectivity index (χ2n) is 26.8. The van der Waals surface area contributed by atoms with Crippen LogP contribution < -0.4 is 47.9 Å². The molecule has 4 unspecified atom stereocenters. The third kappa shape index (κ3) is 31.5. The van der Waals surface area contributed by atoms with E-state index in [2.05, 4.69) is 47.9 Å². The van der Waals surface area contributed by atoms with Gasteiger partial charge in [-0.15, -0.1) is 0 Å². The van der Waals surface area contributed by atoms with Crippen LogP contribution in [0.25, 0.3) is 11.1 Å². The zero-order valence-corrected chi connectivity index (χ0v) is 56.4. The van der Waals surface area contributed by atoms with Gasteiger partial charge in [0.2, 0.25) is 23.6 Å². The van der Waals surface area contributed by atoms with Crippen LogP contribution in [0.5, 0.6) is 0 Å². The number of benzene rings is 3. The first-order chi connectivity index (χ1) is 43.8. The summed E-state index contributed by atoms with van der Waals surface area (Å²) in [5.74, 6) is -3.72. The number of nitrogens with one attached hydrogen (secondary N) is 9. The smallest absolute Gasteiger partial charge is 0.408 e. The molecule has 3 aromatic rings. The highest BCUT2D eigenvalue weighted by Crippen LogP contribution is 2.44. The predicted molar refractivity (Wildman–Crippen MR) is 349 cm³/mol. The molecule has 0 saturated carbocycles. The molecular weight excluding hydrogens is 1200 g/mol. The molecule has 0 aliphatic heterocycles. The number of esters is 1. The van der Waals surface area contributed by atoms with Gasteiger partial charge in [0.15, 0.2) is 0 Å². The number of hydrogen-bond acceptors (Lipinski definition) is 16. The van der Waals surface area contributed by atoms with Crippen molar-refractivity contribution in [2.24, 2.45) is 0 Å². The molecule has 514 valence electrons. The molecule has 0 fully saturated rings. The van der Waals surface area contributed by atoms with Gasteiger partial charge in [-0.05, 0) is 188 Å². The maximum atomic E-state index is 14.7. The quantitative estimate of drug-likeness (QED) is 0.0153. The van der Waals surface area contributed by atoms with Gasteiger partial charge in [0.1, 0.15) is 66.3 Å². The summed E-state index contributed by atoms with van der Waals surface area (Å²) < 4.78 is 32.7. The Kier molecular flexibility index (Phi) is 31.2. The summed E-state index contributed by atoms with van der Waals surface area (Å²) >= 11 is 0. The van der Waals surface area contributed by atoms with Gasteiger partial charge in [-0.3, -0.25) is 24.0 Å². The number of ether oxygens (including phenoxy) is 6. The topological polar surface area (TPSA) is 334 Å². The fraction of sp³-hybridized carbons (Fsp3) is 0.588. The average molecular weight is 1300 g/mol. The zero-order chi connectivity index (χ0) is 68.8. The number of rotatable bonds is 34. The zero-order valence-electron chi connectivity index (χ0n) is 56.4. The van der Waals surface area contributed by atoms with E-state index in [1.165, 1.54) is 0 Å². The lowest BCUT2D eigenvalue weighted by Crippen LogP contribution is -2.57. The molecular formula is C68H101N9O16. The number of hydrogen-bond donors (Lipinski definition) is 9. The Bertz CT molecular complexity index is 2890. The van der Waals surface area contributed by atoms with Crippen molar-refractivity contribution in [3.05, 3.63) is 95.6 Å². The molecule has 0 bridgehead atoms. The Morgan fingerprint density at radius 2 is 0.710 bits per heavy atom. The third-order valence-corrected chi connectivity index (χ3v) is 13.9. The lowest BCUT2D eigenvalue weighted by atomic mass is 9.98. The molecule has 0 spiro atoms. The highest BCUT2D eigenvalue weighted by atomic mass is 16.6. The van der Waals surface area contributed by atoms with Gasteiger partial charge in [-0.2, -0.15) is 0 Å². The number of unbranched alkanes of at least 4 members (excludes halogenated alkanes) is 4. The second kappa shape index (κ2) is 37.8. The van der Waals surface area contributed by atoms with Crippen LogP contribution in [0.15, 0.2) is 78.9 Å². The van der Waals surface area contributed by atoms with E-state index in [9.17, 15) is 47.9 Å². The minimum Gasteiger partial charge on any atom is -0.460 e. The molecule has 25 nitrogen and oxygen atoms in total. The van der Waals surface area contributed by atoms with Crippen LogP contribution in [-0.2, 0) is 59.0 Å². The van der Waals surface area contributed by atoms with Crippen LogP contribution >= 0.6 is 0 Å². The highest BCUT2D eigenvalue weighted by molar-refractivity contribution is 5.94. The van der Waals surface area contributed by atoms with Crippen molar-refractivity contribution in [3.63, 3.8) is 0 Å². The third-order valence-electron chi connectivity index (χ3n) is 13.9. The molecule has 9 N–H and O–H groups in total. The number of carbonyl (C=O) groups excluding carboxylic acids is 10. The van der Waals surface area contributed by atoms with Crippen LogP contribution in [0.1, 0.15) is 183 Å². The molecule has 1 aliphatic rings. The van der Waals surface area contributed by atoms with Gasteiger partial charge >= 0.3 is 36.4 Å². The summed E-state index contributed by atoms with van der Waals surface area (Å²) in [6.07, 6.45) is -0.787. The second-order valence-corrected chi connectivity index (χ2v) is 26.8. The van der Waals surface area contributed by atoms with Crippen LogP contribution in [0.2, 0.25) is 0 Å². The van der Waals surface area contributed by atoms with Crippen LogP contribution in [0.4, 0.5) is 24.0 Å². The lowest BCUT2D eigenvalue weighted by Gasteiger charge is -2.26. The molecule has 4 rings (SSSR count). The summed E-state index contributed by atoms with van der Waals surface area (Å²) in [6, 6.07) is 20.0. The van der Waals surface area contributed by atoms with Crippen molar-refractivity contribution in [1.29, 1.82) is 0 Å². The maximum Gasteiger partial charge on any atom is 0.408 e. The monoisotopic (exact) mass is 1300 g/mol. The fourth-order valence-corrected chi connectivity index (χ4v) is 9.67. The van der Waals surface area contributed by atoms with E-state index in [1.807, 2.05) is 54.6 Å².